The molecule has 1 aliphatic rings. The van der Waals surface area contributed by atoms with Crippen LogP contribution in [-0.4, -0.2) is 51.4 Å². The highest BCUT2D eigenvalue weighted by Crippen LogP contribution is 2.28. The van der Waals surface area contributed by atoms with Crippen molar-refractivity contribution in [3.8, 4) is 0 Å². The van der Waals surface area contributed by atoms with Gasteiger partial charge in [0, 0.05) is 24.1 Å². The van der Waals surface area contributed by atoms with Crippen LogP contribution in [-0.2, 0) is 10.0 Å². The predicted octanol–water partition coefficient (Wildman–Crippen LogP) is 2.41. The molecule has 0 saturated carbocycles. The first-order valence-electron chi connectivity index (χ1n) is 6.80. The second-order valence-electron chi connectivity index (χ2n) is 5.54. The van der Waals surface area contributed by atoms with Gasteiger partial charge in [-0.2, -0.15) is 4.31 Å². The first kappa shape index (κ1) is 15.9. The van der Waals surface area contributed by atoms with Crippen LogP contribution in [0.25, 0.3) is 0 Å². The molecular weight excluding hydrogens is 340 g/mol. The van der Waals surface area contributed by atoms with E-state index >= 15 is 0 Å². The van der Waals surface area contributed by atoms with Crippen molar-refractivity contribution in [2.75, 3.05) is 33.7 Å². The Morgan fingerprint density at radius 1 is 1.25 bits per heavy atom. The van der Waals surface area contributed by atoms with Crippen LogP contribution in [0.2, 0.25) is 0 Å². The number of piperidine rings is 1. The third-order valence-electron chi connectivity index (χ3n) is 3.65. The Balaban J connectivity index is 2.08. The van der Waals surface area contributed by atoms with E-state index in [1.165, 1.54) is 0 Å². The maximum atomic E-state index is 12.6. The summed E-state index contributed by atoms with van der Waals surface area (Å²) < 4.78 is 27.5. The molecule has 0 amide bonds. The zero-order valence-electron chi connectivity index (χ0n) is 11.9. The molecule has 0 aromatic heterocycles. The summed E-state index contributed by atoms with van der Waals surface area (Å²) in [7, 11) is 0.748. The Bertz CT molecular complexity index is 552. The molecule has 1 aromatic rings. The zero-order valence-corrected chi connectivity index (χ0v) is 14.3. The molecule has 1 heterocycles. The summed E-state index contributed by atoms with van der Waals surface area (Å²) in [6.45, 7) is 2.26. The predicted molar refractivity (Wildman–Crippen MR) is 84.2 cm³/mol. The van der Waals surface area contributed by atoms with Crippen molar-refractivity contribution in [3.05, 3.63) is 28.7 Å². The van der Waals surface area contributed by atoms with E-state index in [9.17, 15) is 8.42 Å². The second kappa shape index (κ2) is 6.56. The van der Waals surface area contributed by atoms with Crippen molar-refractivity contribution >= 4 is 26.0 Å². The molecule has 0 unspecified atom stereocenters. The van der Waals surface area contributed by atoms with Crippen LogP contribution in [0.5, 0.6) is 0 Å². The van der Waals surface area contributed by atoms with Gasteiger partial charge in [-0.3, -0.25) is 0 Å². The van der Waals surface area contributed by atoms with Gasteiger partial charge in [-0.1, -0.05) is 12.1 Å². The molecule has 20 heavy (non-hydrogen) atoms. The summed E-state index contributed by atoms with van der Waals surface area (Å²) in [4.78, 5) is 2.54. The number of rotatable bonds is 4. The fraction of sp³-hybridized carbons (Fsp3) is 0.571. The van der Waals surface area contributed by atoms with Gasteiger partial charge in [-0.05, 0) is 60.9 Å². The van der Waals surface area contributed by atoms with Crippen LogP contribution in [0.3, 0.4) is 0 Å². The molecule has 0 atom stereocenters. The Morgan fingerprint density at radius 3 is 2.40 bits per heavy atom. The lowest BCUT2D eigenvalue weighted by atomic mass is 9.98. The van der Waals surface area contributed by atoms with Gasteiger partial charge in [-0.15, -0.1) is 0 Å². The van der Waals surface area contributed by atoms with Crippen molar-refractivity contribution in [1.29, 1.82) is 0 Å². The third kappa shape index (κ3) is 3.61. The largest absolute Gasteiger partial charge is 0.309 e. The van der Waals surface area contributed by atoms with Gasteiger partial charge in [-0.25, -0.2) is 8.42 Å². The number of hydrogen-bond acceptors (Lipinski definition) is 3. The van der Waals surface area contributed by atoms with Gasteiger partial charge < -0.3 is 4.90 Å². The monoisotopic (exact) mass is 360 g/mol. The highest BCUT2D eigenvalue weighted by molar-refractivity contribution is 9.10. The Labute approximate surface area is 129 Å². The molecule has 1 aromatic carbocycles. The Kier molecular flexibility index (Phi) is 5.23. The minimum absolute atomic E-state index is 0.367. The van der Waals surface area contributed by atoms with Gasteiger partial charge in [0.2, 0.25) is 10.0 Å². The van der Waals surface area contributed by atoms with E-state index in [1.807, 2.05) is 6.07 Å². The molecule has 4 nitrogen and oxygen atoms in total. The molecule has 112 valence electrons. The molecule has 1 fully saturated rings. The van der Waals surface area contributed by atoms with E-state index in [0.717, 1.165) is 19.4 Å². The van der Waals surface area contributed by atoms with Crippen LogP contribution >= 0.6 is 15.9 Å². The first-order valence-corrected chi connectivity index (χ1v) is 9.04. The highest BCUT2D eigenvalue weighted by Gasteiger charge is 2.30. The van der Waals surface area contributed by atoms with E-state index in [-0.39, 0.29) is 0 Å². The van der Waals surface area contributed by atoms with Crippen LogP contribution in [0, 0.1) is 5.92 Å². The summed E-state index contributed by atoms with van der Waals surface area (Å²) in [5.41, 5.74) is 0. The van der Waals surface area contributed by atoms with Crippen LogP contribution in [0.1, 0.15) is 12.8 Å². The number of hydrogen-bond donors (Lipinski definition) is 0. The molecular formula is C14H21BrN2O2S. The molecule has 2 rings (SSSR count). The maximum Gasteiger partial charge on any atom is 0.244 e. The van der Waals surface area contributed by atoms with Crippen molar-refractivity contribution in [1.82, 2.24) is 9.21 Å². The van der Waals surface area contributed by atoms with E-state index in [1.54, 1.807) is 22.5 Å². The van der Waals surface area contributed by atoms with Gasteiger partial charge in [0.05, 0.1) is 4.90 Å². The number of nitrogens with zero attached hydrogens (tertiary/aromatic N) is 2. The van der Waals surface area contributed by atoms with Crippen LogP contribution < -0.4 is 0 Å². The Hall–Kier alpha value is -0.430. The molecule has 1 saturated heterocycles. The molecule has 0 aliphatic carbocycles. The Morgan fingerprint density at radius 2 is 1.85 bits per heavy atom. The zero-order chi connectivity index (χ0) is 14.8. The average molecular weight is 361 g/mol. The van der Waals surface area contributed by atoms with Crippen LogP contribution in [0.4, 0.5) is 0 Å². The van der Waals surface area contributed by atoms with Gasteiger partial charge in [0.25, 0.3) is 0 Å². The van der Waals surface area contributed by atoms with Crippen molar-refractivity contribution in [3.63, 3.8) is 0 Å². The molecule has 6 heteroatoms. The fourth-order valence-electron chi connectivity index (χ4n) is 2.64. The normalized spacial score (nSPS) is 18.6. The van der Waals surface area contributed by atoms with E-state index in [0.29, 0.717) is 28.4 Å². The van der Waals surface area contributed by atoms with E-state index in [4.69, 9.17) is 0 Å². The smallest absolute Gasteiger partial charge is 0.244 e. The lowest BCUT2D eigenvalue weighted by Crippen LogP contribution is -2.40. The quantitative estimate of drug-likeness (QED) is 0.827. The van der Waals surface area contributed by atoms with Crippen molar-refractivity contribution in [2.45, 2.75) is 17.7 Å². The third-order valence-corrected chi connectivity index (χ3v) is 6.56. The lowest BCUT2D eigenvalue weighted by Gasteiger charge is -2.32. The topological polar surface area (TPSA) is 40.6 Å². The minimum atomic E-state index is -3.37. The highest BCUT2D eigenvalue weighted by atomic mass is 79.9. The van der Waals surface area contributed by atoms with Crippen molar-refractivity contribution < 1.29 is 8.42 Å². The summed E-state index contributed by atoms with van der Waals surface area (Å²) in [6, 6.07) is 7.01. The lowest BCUT2D eigenvalue weighted by molar-refractivity contribution is 0.225. The summed E-state index contributed by atoms with van der Waals surface area (Å²) in [5, 5.41) is 0. The van der Waals surface area contributed by atoms with E-state index in [2.05, 4.69) is 34.9 Å². The summed E-state index contributed by atoms with van der Waals surface area (Å²) in [6.07, 6.45) is 1.86. The van der Waals surface area contributed by atoms with E-state index < -0.39 is 10.0 Å². The van der Waals surface area contributed by atoms with Gasteiger partial charge in [0.15, 0.2) is 0 Å². The maximum absolute atomic E-state index is 12.6. The molecule has 0 spiro atoms. The fourth-order valence-corrected chi connectivity index (χ4v) is 5.07. The number of halogens is 1. The summed E-state index contributed by atoms with van der Waals surface area (Å²) in [5.74, 6) is 0.593. The first-order chi connectivity index (χ1) is 9.41. The van der Waals surface area contributed by atoms with Gasteiger partial charge in [0.1, 0.15) is 0 Å². The van der Waals surface area contributed by atoms with Crippen molar-refractivity contribution in [2.24, 2.45) is 5.92 Å². The van der Waals surface area contributed by atoms with Crippen LogP contribution in [0.15, 0.2) is 33.6 Å². The second-order valence-corrected chi connectivity index (χ2v) is 8.30. The van der Waals surface area contributed by atoms with Gasteiger partial charge >= 0.3 is 0 Å². The molecule has 0 radical (unpaired) electrons. The number of sulfonamides is 1. The summed E-state index contributed by atoms with van der Waals surface area (Å²) >= 11 is 3.33. The average Bonchev–Trinajstić information content (AvgIpc) is 2.39. The molecule has 0 bridgehead atoms. The minimum Gasteiger partial charge on any atom is -0.309 e. The molecule has 1 aliphatic heterocycles. The molecule has 0 N–H and O–H groups in total. The number of benzene rings is 1. The SMILES string of the molecule is CN(C)CC1CCN(S(=O)(=O)c2ccccc2Br)CC1. The standard InChI is InChI=1S/C14H21BrN2O2S/c1-16(2)11-12-7-9-17(10-8-12)20(18,19)14-6-4-3-5-13(14)15/h3-6,12H,7-11H2,1-2H3.